The molecule has 3 N–H and O–H groups in total. The van der Waals surface area contributed by atoms with Crippen LogP contribution in [-0.2, 0) is 0 Å². The van der Waals surface area contributed by atoms with E-state index in [0.717, 1.165) is 18.7 Å². The lowest BCUT2D eigenvalue weighted by Gasteiger charge is -2.03. The van der Waals surface area contributed by atoms with Crippen molar-refractivity contribution in [2.24, 2.45) is 5.73 Å². The summed E-state index contributed by atoms with van der Waals surface area (Å²) in [5.74, 6) is 0. The third kappa shape index (κ3) is 24.5. The molecule has 0 unspecified atom stereocenters. The summed E-state index contributed by atoms with van der Waals surface area (Å²) >= 11 is 0. The van der Waals surface area contributed by atoms with Crippen LogP contribution in [0.25, 0.3) is 0 Å². The largest absolute Gasteiger partial charge is 0.401 e. The highest BCUT2D eigenvalue weighted by atomic mass is 14.8. The molecule has 0 aliphatic carbocycles. The quantitative estimate of drug-likeness (QED) is 0.558. The maximum absolute atomic E-state index is 5.84. The maximum atomic E-state index is 5.84. The molecule has 0 rings (SSSR count). The lowest BCUT2D eigenvalue weighted by atomic mass is 10.1. The summed E-state index contributed by atoms with van der Waals surface area (Å²) in [7, 11) is 0. The number of hydrogen-bond acceptors (Lipinski definition) is 2. The topological polar surface area (TPSA) is 38.0 Å². The predicted octanol–water partition coefficient (Wildman–Crippen LogP) is 5.20. The first kappa shape index (κ1) is 22.5. The smallest absolute Gasteiger partial charge is 0.0240 e. The fourth-order valence-electron chi connectivity index (χ4n) is 1.31. The molecule has 0 aromatic carbocycles. The second-order valence-corrected chi connectivity index (χ2v) is 3.84. The van der Waals surface area contributed by atoms with Crippen LogP contribution in [0, 0.1) is 0 Å². The van der Waals surface area contributed by atoms with Gasteiger partial charge in [0, 0.05) is 18.4 Å². The molecule has 0 spiro atoms. The van der Waals surface area contributed by atoms with Crippen LogP contribution in [0.3, 0.4) is 0 Å². The van der Waals surface area contributed by atoms with Gasteiger partial charge in [-0.2, -0.15) is 0 Å². The Morgan fingerprint density at radius 1 is 0.889 bits per heavy atom. The van der Waals surface area contributed by atoms with Crippen LogP contribution in [0.4, 0.5) is 0 Å². The molecule has 0 aliphatic heterocycles. The number of nitrogens with one attached hydrogen (secondary N) is 1. The Labute approximate surface area is 116 Å². The lowest BCUT2D eigenvalue weighted by molar-refractivity contribution is 0.657. The van der Waals surface area contributed by atoms with Crippen LogP contribution in [-0.4, -0.2) is 6.54 Å². The van der Waals surface area contributed by atoms with Crippen LogP contribution < -0.4 is 11.1 Å². The molecule has 0 aromatic heterocycles. The monoisotopic (exact) mass is 258 g/mol. The van der Waals surface area contributed by atoms with Crippen LogP contribution in [0.1, 0.15) is 86.5 Å². The molecule has 2 nitrogen and oxygen atoms in total. The van der Waals surface area contributed by atoms with E-state index in [4.69, 9.17) is 5.73 Å². The predicted molar refractivity (Wildman–Crippen MR) is 86.6 cm³/mol. The minimum atomic E-state index is 0.997. The molecule has 0 saturated heterocycles. The molecule has 18 heavy (non-hydrogen) atoms. The van der Waals surface area contributed by atoms with Gasteiger partial charge in [-0.3, -0.25) is 0 Å². The fraction of sp³-hybridized carbons (Fsp3) is 0.875. The first-order chi connectivity index (χ1) is 8.81. The second-order valence-electron chi connectivity index (χ2n) is 3.84. The fourth-order valence-corrected chi connectivity index (χ4v) is 1.31. The van der Waals surface area contributed by atoms with Crippen LogP contribution in [0.5, 0.6) is 0 Å². The molecule has 0 bridgehead atoms. The molecule has 0 amide bonds. The van der Waals surface area contributed by atoms with E-state index in [-0.39, 0.29) is 0 Å². The molecule has 0 fully saturated rings. The Balaban J connectivity index is -0.000000506. The summed E-state index contributed by atoms with van der Waals surface area (Å²) in [5, 5.41) is 3.24. The van der Waals surface area contributed by atoms with Crippen LogP contribution in [0.15, 0.2) is 11.9 Å². The van der Waals surface area contributed by atoms with Gasteiger partial charge in [0.1, 0.15) is 0 Å². The summed E-state index contributed by atoms with van der Waals surface area (Å²) in [5.41, 5.74) is 6.83. The minimum absolute atomic E-state index is 0.997. The zero-order valence-electron chi connectivity index (χ0n) is 13.8. The number of hydrogen-bond donors (Lipinski definition) is 2. The second kappa shape index (κ2) is 25.3. The average molecular weight is 258 g/mol. The van der Waals surface area contributed by atoms with E-state index in [2.05, 4.69) is 19.2 Å². The highest BCUT2D eigenvalue weighted by molar-refractivity contribution is 4.94. The summed E-state index contributed by atoms with van der Waals surface area (Å²) < 4.78 is 0. The van der Waals surface area contributed by atoms with Gasteiger partial charge in [0.15, 0.2) is 0 Å². The molecule has 0 atom stereocenters. The van der Waals surface area contributed by atoms with Crippen molar-refractivity contribution in [3.05, 3.63) is 11.9 Å². The molecule has 0 heterocycles. The van der Waals surface area contributed by atoms with E-state index in [1.165, 1.54) is 38.5 Å². The Kier molecular flexibility index (Phi) is 31.6. The third-order valence-electron chi connectivity index (χ3n) is 2.28. The Bertz CT molecular complexity index is 142. The molecule has 0 aromatic rings. The number of nitrogens with two attached hydrogens (primary N) is 1. The molecule has 0 saturated carbocycles. The zero-order chi connectivity index (χ0) is 14.6. The van der Waals surface area contributed by atoms with Gasteiger partial charge in [-0.25, -0.2) is 0 Å². The normalized spacial score (nSPS) is 9.78. The average Bonchev–Trinajstić information content (AvgIpc) is 2.44. The third-order valence-corrected chi connectivity index (χ3v) is 2.28. The molecular formula is C16H38N2. The van der Waals surface area contributed by atoms with Gasteiger partial charge in [-0.15, -0.1) is 0 Å². The van der Waals surface area contributed by atoms with Gasteiger partial charge in [0.2, 0.25) is 0 Å². The molecule has 0 radical (unpaired) electrons. The van der Waals surface area contributed by atoms with E-state index in [0.29, 0.717) is 0 Å². The highest BCUT2D eigenvalue weighted by Crippen LogP contribution is 2.05. The minimum Gasteiger partial charge on any atom is -0.401 e. The van der Waals surface area contributed by atoms with Crippen LogP contribution in [0.2, 0.25) is 0 Å². The summed E-state index contributed by atoms with van der Waals surface area (Å²) in [6.07, 6.45) is 10.6. The Morgan fingerprint density at radius 3 is 1.94 bits per heavy atom. The SMILES string of the molecule is CC.CC.CCCCCC/C(N)=C/NCCCC. The van der Waals surface area contributed by atoms with Gasteiger partial charge in [0.25, 0.3) is 0 Å². The first-order valence-corrected chi connectivity index (χ1v) is 7.99. The summed E-state index contributed by atoms with van der Waals surface area (Å²) in [4.78, 5) is 0. The van der Waals surface area contributed by atoms with Crippen molar-refractivity contribution in [2.75, 3.05) is 6.54 Å². The Morgan fingerprint density at radius 2 is 1.44 bits per heavy atom. The van der Waals surface area contributed by atoms with Crippen molar-refractivity contribution in [1.82, 2.24) is 5.32 Å². The highest BCUT2D eigenvalue weighted by Gasteiger charge is 1.91. The van der Waals surface area contributed by atoms with Gasteiger partial charge >= 0.3 is 0 Å². The Hall–Kier alpha value is -0.660. The van der Waals surface area contributed by atoms with Crippen molar-refractivity contribution < 1.29 is 0 Å². The van der Waals surface area contributed by atoms with Crippen molar-refractivity contribution in [1.29, 1.82) is 0 Å². The van der Waals surface area contributed by atoms with Crippen molar-refractivity contribution in [3.8, 4) is 0 Å². The molecule has 2 heteroatoms. The van der Waals surface area contributed by atoms with E-state index < -0.39 is 0 Å². The van der Waals surface area contributed by atoms with Crippen molar-refractivity contribution in [3.63, 3.8) is 0 Å². The summed E-state index contributed by atoms with van der Waals surface area (Å²) in [6.45, 7) is 13.5. The standard InChI is InChI=1S/C12H26N2.2C2H6/c1-3-5-7-8-9-12(13)11-14-10-6-4-2;2*1-2/h11,14H,3-10,13H2,1-2H3;2*1-2H3/b12-11-;;. The van der Waals surface area contributed by atoms with Crippen molar-refractivity contribution in [2.45, 2.75) is 86.5 Å². The lowest BCUT2D eigenvalue weighted by Crippen LogP contribution is -2.10. The van der Waals surface area contributed by atoms with E-state index in [1.54, 1.807) is 0 Å². The number of unbranched alkanes of at least 4 members (excludes halogenated alkanes) is 4. The molecular weight excluding hydrogens is 220 g/mol. The van der Waals surface area contributed by atoms with Gasteiger partial charge in [-0.05, 0) is 19.3 Å². The van der Waals surface area contributed by atoms with Crippen LogP contribution >= 0.6 is 0 Å². The summed E-state index contributed by atoms with van der Waals surface area (Å²) in [6, 6.07) is 0. The van der Waals surface area contributed by atoms with E-state index >= 15 is 0 Å². The van der Waals surface area contributed by atoms with E-state index in [9.17, 15) is 0 Å². The number of allylic oxidation sites excluding steroid dienone is 1. The van der Waals surface area contributed by atoms with Gasteiger partial charge < -0.3 is 11.1 Å². The zero-order valence-corrected chi connectivity index (χ0v) is 13.8. The molecule has 0 aliphatic rings. The number of rotatable bonds is 9. The van der Waals surface area contributed by atoms with Gasteiger partial charge in [0.05, 0.1) is 0 Å². The van der Waals surface area contributed by atoms with Gasteiger partial charge in [-0.1, -0.05) is 67.2 Å². The van der Waals surface area contributed by atoms with E-state index in [1.807, 2.05) is 33.9 Å². The maximum Gasteiger partial charge on any atom is 0.0240 e. The first-order valence-electron chi connectivity index (χ1n) is 7.99. The van der Waals surface area contributed by atoms with Crippen molar-refractivity contribution >= 4 is 0 Å². The molecule has 112 valence electrons.